The van der Waals surface area contributed by atoms with Gasteiger partial charge in [-0.3, -0.25) is 4.98 Å². The second-order valence-electron chi connectivity index (χ2n) is 5.19. The summed E-state index contributed by atoms with van der Waals surface area (Å²) in [4.78, 5) is 3.79. The van der Waals surface area contributed by atoms with Gasteiger partial charge in [0, 0.05) is 18.0 Å². The first kappa shape index (κ1) is 16.7. The lowest BCUT2D eigenvalue weighted by molar-refractivity contribution is -0.137. The highest BCUT2D eigenvalue weighted by molar-refractivity contribution is 5.66. The minimum atomic E-state index is -4.34. The second-order valence-corrected chi connectivity index (χ2v) is 5.19. The summed E-state index contributed by atoms with van der Waals surface area (Å²) in [5.41, 5.74) is 0.136. The molecule has 0 saturated carbocycles. The van der Waals surface area contributed by atoms with Crippen LogP contribution in [-0.2, 0) is 6.18 Å². The lowest BCUT2D eigenvalue weighted by atomic mass is 10.0. The Kier molecular flexibility index (Phi) is 6.20. The molecule has 1 aromatic heterocycles. The van der Waals surface area contributed by atoms with Crippen LogP contribution in [0.3, 0.4) is 0 Å². The number of hydrogen-bond acceptors (Lipinski definition) is 2. The van der Waals surface area contributed by atoms with Gasteiger partial charge >= 0.3 is 6.18 Å². The Morgan fingerprint density at radius 1 is 1.40 bits per heavy atom. The molecule has 1 N–H and O–H groups in total. The highest BCUT2D eigenvalue weighted by atomic mass is 19.4. The van der Waals surface area contributed by atoms with Crippen molar-refractivity contribution < 1.29 is 13.2 Å². The fourth-order valence-electron chi connectivity index (χ4n) is 1.85. The number of hydrogen-bond donors (Lipinski definition) is 1. The molecule has 0 fully saturated rings. The van der Waals surface area contributed by atoms with Crippen molar-refractivity contribution in [2.45, 2.75) is 33.4 Å². The topological polar surface area (TPSA) is 24.9 Å². The van der Waals surface area contributed by atoms with Crippen molar-refractivity contribution in [1.29, 1.82) is 0 Å². The zero-order chi connectivity index (χ0) is 15.2. The van der Waals surface area contributed by atoms with Gasteiger partial charge in [0.1, 0.15) is 0 Å². The summed E-state index contributed by atoms with van der Waals surface area (Å²) < 4.78 is 38.6. The molecule has 0 aromatic carbocycles. The molecule has 5 heteroatoms. The normalized spacial score (nSPS) is 13.1. The van der Waals surface area contributed by atoms with Gasteiger partial charge in [-0.1, -0.05) is 19.9 Å². The van der Waals surface area contributed by atoms with Gasteiger partial charge in [0.25, 0.3) is 0 Å². The maximum Gasteiger partial charge on any atom is 0.417 e. The van der Waals surface area contributed by atoms with Crippen LogP contribution in [-0.4, -0.2) is 18.1 Å². The first-order chi connectivity index (χ1) is 9.32. The van der Waals surface area contributed by atoms with Crippen LogP contribution in [0.4, 0.5) is 13.2 Å². The third kappa shape index (κ3) is 5.33. The van der Waals surface area contributed by atoms with Gasteiger partial charge < -0.3 is 5.32 Å². The molecule has 1 aromatic rings. The van der Waals surface area contributed by atoms with Crippen LogP contribution in [0.15, 0.2) is 24.5 Å². The van der Waals surface area contributed by atoms with Crippen LogP contribution in [0.5, 0.6) is 0 Å². The average Bonchev–Trinajstić information content (AvgIpc) is 2.36. The molecule has 0 unspecified atom stereocenters. The van der Waals surface area contributed by atoms with Gasteiger partial charge in [-0.15, -0.1) is 0 Å². The molecule has 0 amide bonds. The van der Waals surface area contributed by atoms with E-state index in [0.29, 0.717) is 17.9 Å². The van der Waals surface area contributed by atoms with Gasteiger partial charge in [0.05, 0.1) is 5.56 Å². The fraction of sp³-hybridized carbons (Fsp3) is 0.533. The number of rotatable bonds is 6. The molecular weight excluding hydrogens is 265 g/mol. The largest absolute Gasteiger partial charge is 0.417 e. The third-order valence-electron chi connectivity index (χ3n) is 2.88. The highest BCUT2D eigenvalue weighted by Gasteiger charge is 2.33. The smallest absolute Gasteiger partial charge is 0.316 e. The van der Waals surface area contributed by atoms with Crippen LogP contribution in [0.1, 0.15) is 38.3 Å². The minimum absolute atomic E-state index is 0.156. The zero-order valence-electron chi connectivity index (χ0n) is 12.1. The molecule has 0 atom stereocenters. The Bertz CT molecular complexity index is 451. The highest BCUT2D eigenvalue weighted by Crippen LogP contribution is 2.34. The first-order valence-corrected chi connectivity index (χ1v) is 6.71. The molecule has 0 spiro atoms. The van der Waals surface area contributed by atoms with E-state index in [-0.39, 0.29) is 5.56 Å². The summed E-state index contributed by atoms with van der Waals surface area (Å²) in [5, 5.41) is 3.25. The van der Waals surface area contributed by atoms with E-state index in [1.165, 1.54) is 12.4 Å². The van der Waals surface area contributed by atoms with Gasteiger partial charge in [0.2, 0.25) is 0 Å². The number of nitrogens with zero attached hydrogens (tertiary/aromatic N) is 1. The predicted molar refractivity (Wildman–Crippen MR) is 75.2 cm³/mol. The van der Waals surface area contributed by atoms with Gasteiger partial charge in [-0.25, -0.2) is 0 Å². The molecule has 0 aliphatic rings. The molecule has 0 bridgehead atoms. The van der Waals surface area contributed by atoms with E-state index < -0.39 is 11.7 Å². The van der Waals surface area contributed by atoms with Crippen molar-refractivity contribution in [2.24, 2.45) is 5.92 Å². The molecule has 1 rings (SSSR count). The Hall–Kier alpha value is -1.36. The summed E-state index contributed by atoms with van der Waals surface area (Å²) in [6.07, 6.45) is 0.619. The van der Waals surface area contributed by atoms with E-state index in [4.69, 9.17) is 0 Å². The van der Waals surface area contributed by atoms with E-state index >= 15 is 0 Å². The molecular formula is C15H21F3N2. The van der Waals surface area contributed by atoms with Crippen LogP contribution in [0.25, 0.3) is 5.57 Å². The van der Waals surface area contributed by atoms with Crippen LogP contribution < -0.4 is 5.32 Å². The average molecular weight is 286 g/mol. The standard InChI is InChI=1S/C15H21F3N2/c1-11(2)9-19-7-4-5-12(3)13-10-20-8-6-14(13)15(16,17)18/h5-6,8,10-11,19H,4,7,9H2,1-3H3/b12-5-. The third-order valence-corrected chi connectivity index (χ3v) is 2.88. The van der Waals surface area contributed by atoms with Gasteiger partial charge in [-0.2, -0.15) is 13.2 Å². The molecule has 2 nitrogen and oxygen atoms in total. The van der Waals surface area contributed by atoms with Crippen molar-refractivity contribution in [3.05, 3.63) is 35.7 Å². The predicted octanol–water partition coefficient (Wildman–Crippen LogP) is 4.14. The molecule has 0 aliphatic heterocycles. The number of allylic oxidation sites excluding steroid dienone is 1. The van der Waals surface area contributed by atoms with E-state index in [9.17, 15) is 13.2 Å². The van der Waals surface area contributed by atoms with E-state index in [1.54, 1.807) is 6.92 Å². The Balaban J connectivity index is 2.70. The van der Waals surface area contributed by atoms with Gasteiger partial charge in [0.15, 0.2) is 0 Å². The summed E-state index contributed by atoms with van der Waals surface area (Å²) in [6.45, 7) is 7.58. The zero-order valence-corrected chi connectivity index (χ0v) is 12.1. The number of halogens is 3. The molecule has 0 saturated heterocycles. The van der Waals surface area contributed by atoms with Gasteiger partial charge in [-0.05, 0) is 44.0 Å². The van der Waals surface area contributed by atoms with Crippen molar-refractivity contribution in [3.8, 4) is 0 Å². The van der Waals surface area contributed by atoms with Crippen molar-refractivity contribution >= 4 is 5.57 Å². The van der Waals surface area contributed by atoms with Crippen LogP contribution in [0, 0.1) is 5.92 Å². The molecule has 0 radical (unpaired) electrons. The SMILES string of the molecule is C/C(=C/CCNCC(C)C)c1cnccc1C(F)(F)F. The lowest BCUT2D eigenvalue weighted by Crippen LogP contribution is -2.20. The lowest BCUT2D eigenvalue weighted by Gasteiger charge is -2.12. The maximum atomic E-state index is 12.9. The maximum absolute atomic E-state index is 12.9. The Morgan fingerprint density at radius 2 is 2.10 bits per heavy atom. The Morgan fingerprint density at radius 3 is 2.70 bits per heavy atom. The Labute approximate surface area is 118 Å². The van der Waals surface area contributed by atoms with E-state index in [0.717, 1.165) is 19.2 Å². The summed E-state index contributed by atoms with van der Waals surface area (Å²) >= 11 is 0. The second kappa shape index (κ2) is 7.43. The fourth-order valence-corrected chi connectivity index (χ4v) is 1.85. The molecule has 112 valence electrons. The molecule has 1 heterocycles. The van der Waals surface area contributed by atoms with E-state index in [2.05, 4.69) is 24.1 Å². The van der Waals surface area contributed by atoms with Crippen molar-refractivity contribution in [1.82, 2.24) is 10.3 Å². The van der Waals surface area contributed by atoms with E-state index in [1.807, 2.05) is 6.08 Å². The first-order valence-electron chi connectivity index (χ1n) is 6.71. The number of aromatic nitrogens is 1. The quantitative estimate of drug-likeness (QED) is 0.795. The molecule has 0 aliphatic carbocycles. The minimum Gasteiger partial charge on any atom is -0.316 e. The summed E-state index contributed by atoms with van der Waals surface area (Å²) in [7, 11) is 0. The summed E-state index contributed by atoms with van der Waals surface area (Å²) in [6, 6.07) is 1.02. The van der Waals surface area contributed by atoms with Crippen molar-refractivity contribution in [3.63, 3.8) is 0 Å². The van der Waals surface area contributed by atoms with Crippen molar-refractivity contribution in [2.75, 3.05) is 13.1 Å². The number of pyridine rings is 1. The monoisotopic (exact) mass is 286 g/mol. The number of nitrogens with one attached hydrogen (secondary N) is 1. The molecule has 20 heavy (non-hydrogen) atoms. The van der Waals surface area contributed by atoms with Crippen LogP contribution >= 0.6 is 0 Å². The summed E-state index contributed by atoms with van der Waals surface area (Å²) in [5.74, 6) is 0.565. The van der Waals surface area contributed by atoms with Crippen LogP contribution in [0.2, 0.25) is 0 Å². The number of alkyl halides is 3.